The molecule has 6 nitrogen and oxygen atoms in total. The predicted molar refractivity (Wildman–Crippen MR) is 73.2 cm³/mol. The minimum Gasteiger partial charge on any atom is -0.350 e. The van der Waals surface area contributed by atoms with Gasteiger partial charge < -0.3 is 10.3 Å². The molecule has 0 aliphatic heterocycles. The van der Waals surface area contributed by atoms with Crippen LogP contribution in [0.1, 0.15) is 16.3 Å². The number of thiophene rings is 1. The molecular formula is C12H13N5OS. The van der Waals surface area contributed by atoms with Crippen molar-refractivity contribution in [3.63, 3.8) is 0 Å². The molecule has 3 aromatic rings. The van der Waals surface area contributed by atoms with Gasteiger partial charge in [-0.05, 0) is 17.5 Å². The number of aromatic nitrogens is 4. The number of hydrogen-bond acceptors (Lipinski definition) is 4. The van der Waals surface area contributed by atoms with Gasteiger partial charge >= 0.3 is 0 Å². The van der Waals surface area contributed by atoms with Crippen LogP contribution in [0.5, 0.6) is 0 Å². The second-order valence-corrected chi connectivity index (χ2v) is 5.14. The van der Waals surface area contributed by atoms with Crippen LogP contribution in [0.3, 0.4) is 0 Å². The Hall–Kier alpha value is -2.15. The second kappa shape index (κ2) is 4.85. The summed E-state index contributed by atoms with van der Waals surface area (Å²) in [5.41, 5.74) is 1.60. The average Bonchev–Trinajstić information content (AvgIpc) is 3.04. The molecule has 3 heterocycles. The summed E-state index contributed by atoms with van der Waals surface area (Å²) in [5.74, 6) is 0.762. The maximum absolute atomic E-state index is 11.9. The number of nitrogens with zero attached hydrogens (tertiary/aromatic N) is 3. The summed E-state index contributed by atoms with van der Waals surface area (Å²) in [7, 11) is 1.84. The van der Waals surface area contributed by atoms with E-state index >= 15 is 0 Å². The summed E-state index contributed by atoms with van der Waals surface area (Å²) in [5, 5.41) is 8.85. The highest BCUT2D eigenvalue weighted by Crippen LogP contribution is 2.21. The van der Waals surface area contributed by atoms with Crippen molar-refractivity contribution in [1.29, 1.82) is 0 Å². The van der Waals surface area contributed by atoms with Crippen molar-refractivity contribution in [3.05, 3.63) is 35.4 Å². The maximum Gasteiger partial charge on any atom is 0.267 e. The third-order valence-corrected chi connectivity index (χ3v) is 3.79. The van der Waals surface area contributed by atoms with Crippen LogP contribution in [0.2, 0.25) is 0 Å². The van der Waals surface area contributed by atoms with Crippen molar-refractivity contribution in [3.8, 4) is 0 Å². The smallest absolute Gasteiger partial charge is 0.267 e. The molecule has 19 heavy (non-hydrogen) atoms. The molecule has 0 aliphatic rings. The minimum absolute atomic E-state index is 0.0921. The van der Waals surface area contributed by atoms with E-state index in [4.69, 9.17) is 0 Å². The highest BCUT2D eigenvalue weighted by atomic mass is 32.1. The van der Waals surface area contributed by atoms with Crippen LogP contribution in [0.4, 0.5) is 0 Å². The van der Waals surface area contributed by atoms with Gasteiger partial charge in [-0.25, -0.2) is 4.98 Å². The Bertz CT molecular complexity index is 682. The number of fused-ring (bicyclic) bond motifs is 1. The van der Waals surface area contributed by atoms with Gasteiger partial charge in [0.25, 0.3) is 5.91 Å². The van der Waals surface area contributed by atoms with E-state index in [0.717, 1.165) is 16.0 Å². The van der Waals surface area contributed by atoms with Crippen LogP contribution in [-0.4, -0.2) is 32.2 Å². The third kappa shape index (κ3) is 2.37. The van der Waals surface area contributed by atoms with Gasteiger partial charge in [0.1, 0.15) is 17.8 Å². The van der Waals surface area contributed by atoms with Crippen molar-refractivity contribution in [2.24, 2.45) is 7.05 Å². The molecule has 0 unspecified atom stereocenters. The second-order valence-electron chi connectivity index (χ2n) is 4.19. The molecule has 0 radical (unpaired) electrons. The Morgan fingerprint density at radius 3 is 3.21 bits per heavy atom. The van der Waals surface area contributed by atoms with Crippen molar-refractivity contribution in [1.82, 2.24) is 25.1 Å². The normalized spacial score (nSPS) is 11.0. The number of hydrogen-bond donors (Lipinski definition) is 2. The Labute approximate surface area is 113 Å². The summed E-state index contributed by atoms with van der Waals surface area (Å²) < 4.78 is 2.80. The fourth-order valence-electron chi connectivity index (χ4n) is 1.90. The molecule has 0 fully saturated rings. The van der Waals surface area contributed by atoms with Crippen molar-refractivity contribution >= 4 is 27.5 Å². The third-order valence-electron chi connectivity index (χ3n) is 2.92. The lowest BCUT2D eigenvalue weighted by molar-refractivity contribution is 0.0949. The SMILES string of the molecule is Cn1ncnc1CCNC(=O)c1cc2sccc2[nH]1. The molecule has 98 valence electrons. The van der Waals surface area contributed by atoms with Crippen LogP contribution < -0.4 is 5.32 Å². The van der Waals surface area contributed by atoms with E-state index in [1.54, 1.807) is 16.0 Å². The van der Waals surface area contributed by atoms with E-state index in [-0.39, 0.29) is 5.91 Å². The van der Waals surface area contributed by atoms with Gasteiger partial charge in [-0.3, -0.25) is 9.48 Å². The van der Waals surface area contributed by atoms with Crippen molar-refractivity contribution in [2.75, 3.05) is 6.54 Å². The molecule has 3 aromatic heterocycles. The van der Waals surface area contributed by atoms with Gasteiger partial charge in [0.2, 0.25) is 0 Å². The van der Waals surface area contributed by atoms with Gasteiger partial charge in [0.15, 0.2) is 0 Å². The lowest BCUT2D eigenvalue weighted by Gasteiger charge is -2.03. The molecule has 7 heteroatoms. The van der Waals surface area contributed by atoms with Gasteiger partial charge in [-0.1, -0.05) is 0 Å². The Morgan fingerprint density at radius 2 is 2.47 bits per heavy atom. The van der Waals surface area contributed by atoms with E-state index in [9.17, 15) is 4.79 Å². The zero-order valence-electron chi connectivity index (χ0n) is 10.4. The number of rotatable bonds is 4. The number of carbonyl (C=O) groups excluding carboxylic acids is 1. The largest absolute Gasteiger partial charge is 0.350 e. The Morgan fingerprint density at radius 1 is 1.58 bits per heavy atom. The molecule has 1 amide bonds. The lowest BCUT2D eigenvalue weighted by atomic mass is 10.3. The number of amides is 1. The maximum atomic E-state index is 11.9. The van der Waals surface area contributed by atoms with Crippen LogP contribution in [0.25, 0.3) is 10.2 Å². The summed E-state index contributed by atoms with van der Waals surface area (Å²) in [6.45, 7) is 0.540. The zero-order valence-corrected chi connectivity index (χ0v) is 11.2. The van der Waals surface area contributed by atoms with Crippen LogP contribution in [-0.2, 0) is 13.5 Å². The first-order valence-electron chi connectivity index (χ1n) is 5.91. The molecule has 2 N–H and O–H groups in total. The van der Waals surface area contributed by atoms with E-state index in [2.05, 4.69) is 20.4 Å². The van der Waals surface area contributed by atoms with E-state index in [1.165, 1.54) is 6.33 Å². The van der Waals surface area contributed by atoms with Crippen molar-refractivity contribution in [2.45, 2.75) is 6.42 Å². The average molecular weight is 275 g/mol. The number of aryl methyl sites for hydroxylation is 1. The summed E-state index contributed by atoms with van der Waals surface area (Å²) in [6, 6.07) is 3.84. The zero-order chi connectivity index (χ0) is 13.2. The first-order valence-corrected chi connectivity index (χ1v) is 6.79. The fourth-order valence-corrected chi connectivity index (χ4v) is 2.68. The monoisotopic (exact) mass is 275 g/mol. The molecule has 0 aromatic carbocycles. The van der Waals surface area contributed by atoms with E-state index in [1.807, 2.05) is 24.6 Å². The fraction of sp³-hybridized carbons (Fsp3) is 0.250. The quantitative estimate of drug-likeness (QED) is 0.754. The lowest BCUT2D eigenvalue weighted by Crippen LogP contribution is -2.26. The standard InChI is InChI=1S/C12H13N5OS/c1-17-11(14-7-15-17)2-4-13-12(18)9-6-10-8(16-9)3-5-19-10/h3,5-7,16H,2,4H2,1H3,(H,13,18). The molecule has 0 bridgehead atoms. The number of carbonyl (C=O) groups is 1. The van der Waals surface area contributed by atoms with Crippen LogP contribution >= 0.6 is 11.3 Å². The molecule has 0 aliphatic carbocycles. The summed E-state index contributed by atoms with van der Waals surface area (Å²) in [6.07, 6.45) is 2.17. The van der Waals surface area contributed by atoms with Gasteiger partial charge in [-0.2, -0.15) is 5.10 Å². The molecule has 0 saturated carbocycles. The van der Waals surface area contributed by atoms with E-state index in [0.29, 0.717) is 18.7 Å². The molecule has 0 atom stereocenters. The first kappa shape index (κ1) is 11.9. The van der Waals surface area contributed by atoms with Gasteiger partial charge in [0, 0.05) is 20.0 Å². The van der Waals surface area contributed by atoms with Crippen LogP contribution in [0, 0.1) is 0 Å². The molecular weight excluding hydrogens is 262 g/mol. The van der Waals surface area contributed by atoms with E-state index < -0.39 is 0 Å². The highest BCUT2D eigenvalue weighted by Gasteiger charge is 2.10. The topological polar surface area (TPSA) is 75.6 Å². The van der Waals surface area contributed by atoms with Crippen molar-refractivity contribution < 1.29 is 4.79 Å². The molecule has 3 rings (SSSR count). The van der Waals surface area contributed by atoms with Crippen LogP contribution in [0.15, 0.2) is 23.8 Å². The highest BCUT2D eigenvalue weighted by molar-refractivity contribution is 7.17. The number of nitrogens with one attached hydrogen (secondary N) is 2. The summed E-state index contributed by atoms with van der Waals surface area (Å²) in [4.78, 5) is 19.1. The first-order chi connectivity index (χ1) is 9.24. The molecule has 0 saturated heterocycles. The minimum atomic E-state index is -0.0921. The summed E-state index contributed by atoms with van der Waals surface area (Å²) >= 11 is 1.62. The number of H-pyrrole nitrogens is 1. The number of aromatic amines is 1. The molecule has 0 spiro atoms. The van der Waals surface area contributed by atoms with Gasteiger partial charge in [-0.15, -0.1) is 11.3 Å². The Balaban J connectivity index is 1.59. The predicted octanol–water partition coefficient (Wildman–Crippen LogP) is 1.33. The Kier molecular flexibility index (Phi) is 3.04. The van der Waals surface area contributed by atoms with Gasteiger partial charge in [0.05, 0.1) is 10.2 Å².